The molecule has 104 valence electrons. The molecule has 2 heteroatoms. The second kappa shape index (κ2) is 5.19. The summed E-state index contributed by atoms with van der Waals surface area (Å²) in [6, 6.07) is 19.9. The lowest BCUT2D eigenvalue weighted by molar-refractivity contribution is 0.253. The third-order valence-electron chi connectivity index (χ3n) is 4.60. The molecule has 1 aliphatic rings. The molecule has 1 aliphatic heterocycles. The Bertz CT molecular complexity index is 599. The highest BCUT2D eigenvalue weighted by Crippen LogP contribution is 2.38. The van der Waals surface area contributed by atoms with Crippen molar-refractivity contribution >= 4 is 13.5 Å². The molecule has 1 atom stereocenters. The van der Waals surface area contributed by atoms with Gasteiger partial charge in [-0.2, -0.15) is 0 Å². The molecule has 0 fully saturated rings. The minimum absolute atomic E-state index is 0.137. The van der Waals surface area contributed by atoms with Gasteiger partial charge in [0.05, 0.1) is 6.10 Å². The molecule has 0 saturated heterocycles. The summed E-state index contributed by atoms with van der Waals surface area (Å²) >= 11 is 0. The number of hydrogen-bond acceptors (Lipinski definition) is 1. The molecule has 2 aromatic rings. The monoisotopic (exact) mass is 282 g/mol. The molecule has 20 heavy (non-hydrogen) atoms. The molecule has 3 rings (SSSR count). The van der Waals surface area contributed by atoms with Gasteiger partial charge in [-0.3, -0.25) is 0 Å². The van der Waals surface area contributed by atoms with E-state index in [1.165, 1.54) is 21.9 Å². The maximum atomic E-state index is 6.68. The van der Waals surface area contributed by atoms with E-state index in [4.69, 9.17) is 4.43 Å². The summed E-state index contributed by atoms with van der Waals surface area (Å²) < 4.78 is 6.68. The molecular weight excluding hydrogens is 260 g/mol. The fourth-order valence-corrected chi connectivity index (χ4v) is 6.86. The molecule has 0 N–H and O–H groups in total. The van der Waals surface area contributed by atoms with Crippen LogP contribution in [0.15, 0.2) is 48.5 Å². The van der Waals surface area contributed by atoms with Gasteiger partial charge in [-0.05, 0) is 35.3 Å². The summed E-state index contributed by atoms with van der Waals surface area (Å²) in [6.07, 6.45) is 0.137. The van der Waals surface area contributed by atoms with Crippen molar-refractivity contribution in [2.24, 2.45) is 0 Å². The van der Waals surface area contributed by atoms with Crippen LogP contribution in [-0.2, 0) is 4.43 Å². The third kappa shape index (κ3) is 2.04. The van der Waals surface area contributed by atoms with Crippen LogP contribution in [0, 0.1) is 6.92 Å². The van der Waals surface area contributed by atoms with E-state index in [-0.39, 0.29) is 6.10 Å². The van der Waals surface area contributed by atoms with Crippen LogP contribution in [0.2, 0.25) is 12.1 Å². The first kappa shape index (κ1) is 13.6. The molecule has 0 amide bonds. The zero-order valence-electron chi connectivity index (χ0n) is 12.5. The van der Waals surface area contributed by atoms with Crippen molar-refractivity contribution in [1.29, 1.82) is 0 Å². The Kier molecular flexibility index (Phi) is 3.53. The predicted molar refractivity (Wildman–Crippen MR) is 86.9 cm³/mol. The molecule has 1 nitrogen and oxygen atoms in total. The molecule has 0 saturated carbocycles. The minimum atomic E-state index is -1.76. The van der Waals surface area contributed by atoms with Gasteiger partial charge in [0.2, 0.25) is 8.32 Å². The normalized spacial score (nSPS) is 19.9. The van der Waals surface area contributed by atoms with Gasteiger partial charge in [0.25, 0.3) is 0 Å². The first-order valence-corrected chi connectivity index (χ1v) is 9.86. The van der Waals surface area contributed by atoms with E-state index in [9.17, 15) is 0 Å². The van der Waals surface area contributed by atoms with Crippen LogP contribution in [0.3, 0.4) is 0 Å². The lowest BCUT2D eigenvalue weighted by atomic mass is 10.0. The van der Waals surface area contributed by atoms with E-state index in [1.54, 1.807) is 0 Å². The first-order valence-electron chi connectivity index (χ1n) is 7.54. The fraction of sp³-hybridized carbons (Fsp3) is 0.333. The van der Waals surface area contributed by atoms with Gasteiger partial charge in [0.15, 0.2) is 0 Å². The van der Waals surface area contributed by atoms with E-state index >= 15 is 0 Å². The molecule has 0 radical (unpaired) electrons. The van der Waals surface area contributed by atoms with Crippen LogP contribution in [0.5, 0.6) is 0 Å². The molecule has 1 unspecified atom stereocenters. The van der Waals surface area contributed by atoms with Crippen LogP contribution >= 0.6 is 0 Å². The smallest absolute Gasteiger partial charge is 0.225 e. The Labute approximate surface area is 122 Å². The highest BCUT2D eigenvalue weighted by atomic mass is 28.4. The van der Waals surface area contributed by atoms with Crippen molar-refractivity contribution in [3.05, 3.63) is 65.2 Å². The number of benzene rings is 2. The molecular formula is C18H22OSi. The average Bonchev–Trinajstić information content (AvgIpc) is 2.84. The van der Waals surface area contributed by atoms with Crippen LogP contribution in [0.1, 0.15) is 36.6 Å². The maximum Gasteiger partial charge on any atom is 0.225 e. The van der Waals surface area contributed by atoms with E-state index in [2.05, 4.69) is 69.3 Å². The van der Waals surface area contributed by atoms with Crippen molar-refractivity contribution < 1.29 is 4.43 Å². The topological polar surface area (TPSA) is 9.23 Å². The predicted octanol–water partition coefficient (Wildman–Crippen LogP) is 4.31. The second-order valence-electron chi connectivity index (χ2n) is 5.70. The first-order chi connectivity index (χ1) is 9.70. The van der Waals surface area contributed by atoms with Crippen molar-refractivity contribution in [1.82, 2.24) is 0 Å². The molecule has 0 spiro atoms. The number of aryl methyl sites for hydroxylation is 1. The molecule has 0 aliphatic carbocycles. The lowest BCUT2D eigenvalue weighted by Crippen LogP contribution is -2.45. The average molecular weight is 282 g/mol. The Hall–Kier alpha value is -1.38. The second-order valence-corrected chi connectivity index (χ2v) is 9.87. The largest absolute Gasteiger partial charge is 0.401 e. The highest BCUT2D eigenvalue weighted by Gasteiger charge is 2.45. The quantitative estimate of drug-likeness (QED) is 0.762. The Morgan fingerprint density at radius 1 is 0.950 bits per heavy atom. The Balaban J connectivity index is 2.09. The van der Waals surface area contributed by atoms with Crippen molar-refractivity contribution in [2.45, 2.75) is 39.0 Å². The van der Waals surface area contributed by atoms with Crippen LogP contribution < -0.4 is 5.19 Å². The van der Waals surface area contributed by atoms with E-state index in [0.717, 1.165) is 12.1 Å². The summed E-state index contributed by atoms with van der Waals surface area (Å²) in [5.74, 6) is 0. The van der Waals surface area contributed by atoms with E-state index < -0.39 is 8.32 Å². The number of hydrogen-bond donors (Lipinski definition) is 0. The molecule has 0 bridgehead atoms. The summed E-state index contributed by atoms with van der Waals surface area (Å²) in [5.41, 5.74) is 3.99. The summed E-state index contributed by atoms with van der Waals surface area (Å²) in [4.78, 5) is 0. The van der Waals surface area contributed by atoms with E-state index in [1.807, 2.05) is 0 Å². The summed E-state index contributed by atoms with van der Waals surface area (Å²) in [5, 5.41) is 1.51. The van der Waals surface area contributed by atoms with Crippen molar-refractivity contribution in [3.63, 3.8) is 0 Å². The van der Waals surface area contributed by atoms with Gasteiger partial charge in [0, 0.05) is 0 Å². The third-order valence-corrected chi connectivity index (χ3v) is 9.01. The van der Waals surface area contributed by atoms with Crippen molar-refractivity contribution in [3.8, 4) is 0 Å². The highest BCUT2D eigenvalue weighted by molar-refractivity contribution is 6.87. The van der Waals surface area contributed by atoms with Gasteiger partial charge in [0.1, 0.15) is 0 Å². The standard InChI is InChI=1S/C18H22OSi/c1-4-20(5-2)17-9-7-6-8-16(17)18(19-20)15-12-10-14(3)11-13-15/h6-13,18H,4-5H2,1-3H3. The van der Waals surface area contributed by atoms with Crippen LogP contribution in [0.4, 0.5) is 0 Å². The minimum Gasteiger partial charge on any atom is -0.401 e. The number of fused-ring (bicyclic) bond motifs is 1. The van der Waals surface area contributed by atoms with Crippen molar-refractivity contribution in [2.75, 3.05) is 0 Å². The zero-order valence-corrected chi connectivity index (χ0v) is 13.5. The van der Waals surface area contributed by atoms with Crippen LogP contribution in [-0.4, -0.2) is 8.32 Å². The Morgan fingerprint density at radius 2 is 1.60 bits per heavy atom. The van der Waals surface area contributed by atoms with Gasteiger partial charge in [-0.15, -0.1) is 0 Å². The molecule has 1 heterocycles. The van der Waals surface area contributed by atoms with E-state index in [0.29, 0.717) is 0 Å². The van der Waals surface area contributed by atoms with Gasteiger partial charge in [-0.25, -0.2) is 0 Å². The summed E-state index contributed by atoms with van der Waals surface area (Å²) in [7, 11) is -1.76. The van der Waals surface area contributed by atoms with Gasteiger partial charge < -0.3 is 4.43 Å². The SMILES string of the molecule is CC[Si]1(CC)OC(c2ccc(C)cc2)c2ccccc21. The maximum absolute atomic E-state index is 6.68. The fourth-order valence-electron chi connectivity index (χ4n) is 3.28. The van der Waals surface area contributed by atoms with Gasteiger partial charge in [-0.1, -0.05) is 67.9 Å². The lowest BCUT2D eigenvalue weighted by Gasteiger charge is -2.25. The molecule has 2 aromatic carbocycles. The van der Waals surface area contributed by atoms with Gasteiger partial charge >= 0.3 is 0 Å². The zero-order chi connectivity index (χ0) is 14.2. The Morgan fingerprint density at radius 3 is 2.25 bits per heavy atom. The number of rotatable bonds is 3. The molecule has 0 aromatic heterocycles. The van der Waals surface area contributed by atoms with Crippen LogP contribution in [0.25, 0.3) is 0 Å². The summed E-state index contributed by atoms with van der Waals surface area (Å²) in [6.45, 7) is 6.69.